The largest absolute Gasteiger partial charge is 0.385 e. The molecule has 0 aliphatic carbocycles. The lowest BCUT2D eigenvalue weighted by Gasteiger charge is -2.36. The number of nitrogens with zero attached hydrogens (tertiary/aromatic N) is 4. The van der Waals surface area contributed by atoms with Crippen molar-refractivity contribution in [3.63, 3.8) is 0 Å². The fourth-order valence-corrected chi connectivity index (χ4v) is 3.44. The molecule has 1 fully saturated rings. The first-order valence-electron chi connectivity index (χ1n) is 10.5. The molecule has 2 unspecified atom stereocenters. The number of hydrogen-bond acceptors (Lipinski definition) is 6. The van der Waals surface area contributed by atoms with Crippen molar-refractivity contribution in [3.8, 4) is 0 Å². The van der Waals surface area contributed by atoms with Crippen LogP contribution >= 0.6 is 24.0 Å². The van der Waals surface area contributed by atoms with E-state index < -0.39 is 0 Å². The average molecular weight is 534 g/mol. The Hall–Kier alpha value is -1.17. The molecular formula is C21H39IN6O2. The van der Waals surface area contributed by atoms with Crippen LogP contribution in [0.5, 0.6) is 0 Å². The Kier molecular flexibility index (Phi) is 13.2. The molecule has 172 valence electrons. The summed E-state index contributed by atoms with van der Waals surface area (Å²) in [7, 11) is 5.65. The lowest BCUT2D eigenvalue weighted by Crippen LogP contribution is -2.45. The lowest BCUT2D eigenvalue weighted by atomic mass is 10.2. The van der Waals surface area contributed by atoms with Crippen molar-refractivity contribution in [3.05, 3.63) is 23.9 Å². The first kappa shape index (κ1) is 26.9. The number of hydrogen-bond donors (Lipinski definition) is 2. The molecule has 0 radical (unpaired) electrons. The number of halogens is 1. The van der Waals surface area contributed by atoms with Crippen LogP contribution in [0.2, 0.25) is 0 Å². The van der Waals surface area contributed by atoms with Crippen LogP contribution < -0.4 is 15.5 Å². The summed E-state index contributed by atoms with van der Waals surface area (Å²) in [5.74, 6) is 1.81. The normalized spacial score (nSPS) is 19.5. The molecule has 1 aliphatic rings. The van der Waals surface area contributed by atoms with Crippen molar-refractivity contribution in [2.75, 3.05) is 65.4 Å². The summed E-state index contributed by atoms with van der Waals surface area (Å²) in [5, 5.41) is 6.71. The molecule has 0 amide bonds. The minimum Gasteiger partial charge on any atom is -0.385 e. The second-order valence-electron chi connectivity index (χ2n) is 7.69. The number of aliphatic imine (C=N–C) groups is 1. The maximum Gasteiger partial charge on any atom is 0.191 e. The highest BCUT2D eigenvalue weighted by molar-refractivity contribution is 14.0. The topological polar surface area (TPSA) is 74.2 Å². The number of aromatic nitrogens is 1. The van der Waals surface area contributed by atoms with Gasteiger partial charge in [0.05, 0.1) is 12.2 Å². The Morgan fingerprint density at radius 2 is 2.00 bits per heavy atom. The molecule has 9 heteroatoms. The summed E-state index contributed by atoms with van der Waals surface area (Å²) in [4.78, 5) is 13.5. The van der Waals surface area contributed by atoms with Crippen molar-refractivity contribution < 1.29 is 9.47 Å². The van der Waals surface area contributed by atoms with E-state index in [0.29, 0.717) is 6.54 Å². The van der Waals surface area contributed by atoms with Gasteiger partial charge in [-0.3, -0.25) is 4.99 Å². The molecule has 0 spiro atoms. The number of guanidine groups is 1. The van der Waals surface area contributed by atoms with Gasteiger partial charge in [0, 0.05) is 66.2 Å². The molecule has 1 aromatic rings. The van der Waals surface area contributed by atoms with Gasteiger partial charge in [-0.25, -0.2) is 4.98 Å². The van der Waals surface area contributed by atoms with E-state index in [-0.39, 0.29) is 36.2 Å². The summed E-state index contributed by atoms with van der Waals surface area (Å²) < 4.78 is 10.9. The molecular weight excluding hydrogens is 495 g/mol. The van der Waals surface area contributed by atoms with E-state index in [2.05, 4.69) is 63.4 Å². The van der Waals surface area contributed by atoms with Gasteiger partial charge in [-0.2, -0.15) is 0 Å². The Morgan fingerprint density at radius 3 is 2.60 bits per heavy atom. The van der Waals surface area contributed by atoms with Crippen LogP contribution in [0, 0.1) is 0 Å². The molecule has 1 saturated heterocycles. The molecule has 0 bridgehead atoms. The van der Waals surface area contributed by atoms with Crippen molar-refractivity contribution in [1.29, 1.82) is 0 Å². The van der Waals surface area contributed by atoms with Crippen molar-refractivity contribution in [1.82, 2.24) is 20.5 Å². The van der Waals surface area contributed by atoms with Crippen LogP contribution in [0.3, 0.4) is 0 Å². The second-order valence-corrected chi connectivity index (χ2v) is 7.69. The summed E-state index contributed by atoms with van der Waals surface area (Å²) >= 11 is 0. The molecule has 2 N–H and O–H groups in total. The van der Waals surface area contributed by atoms with E-state index in [0.717, 1.165) is 63.1 Å². The monoisotopic (exact) mass is 534 g/mol. The summed E-state index contributed by atoms with van der Waals surface area (Å²) in [6.07, 6.45) is 3.44. The predicted octanol–water partition coefficient (Wildman–Crippen LogP) is 1.95. The fraction of sp³-hybridized carbons (Fsp3) is 0.714. The number of anilines is 1. The van der Waals surface area contributed by atoms with Crippen LogP contribution in [-0.2, 0) is 16.0 Å². The van der Waals surface area contributed by atoms with Gasteiger partial charge in [-0.1, -0.05) is 6.07 Å². The zero-order valence-electron chi connectivity index (χ0n) is 19.1. The maximum absolute atomic E-state index is 5.80. The number of morpholine rings is 1. The summed E-state index contributed by atoms with van der Waals surface area (Å²) in [6.45, 7) is 10.3. The van der Waals surface area contributed by atoms with Crippen LogP contribution in [0.4, 0.5) is 5.82 Å². The summed E-state index contributed by atoms with van der Waals surface area (Å²) in [6, 6.07) is 4.21. The van der Waals surface area contributed by atoms with E-state index in [1.807, 2.05) is 6.20 Å². The van der Waals surface area contributed by atoms with E-state index in [9.17, 15) is 0 Å². The Labute approximate surface area is 198 Å². The quantitative estimate of drug-likeness (QED) is 0.206. The maximum atomic E-state index is 5.80. The van der Waals surface area contributed by atoms with Crippen LogP contribution in [0.1, 0.15) is 25.8 Å². The third kappa shape index (κ3) is 9.76. The predicted molar refractivity (Wildman–Crippen MR) is 134 cm³/mol. The van der Waals surface area contributed by atoms with Gasteiger partial charge in [0.15, 0.2) is 5.96 Å². The first-order valence-corrected chi connectivity index (χ1v) is 10.5. The standard InChI is InChI=1S/C21H38N6O2.HI/c1-17-15-27(16-18(2)29-17)20-8-7-19(13-24-20)14-25-21(22-3)23-9-11-26(4)10-6-12-28-5;/h7-8,13,17-18H,6,9-12,14-16H2,1-5H3,(H2,22,23,25);1H. The van der Waals surface area contributed by atoms with Gasteiger partial charge in [-0.15, -0.1) is 24.0 Å². The van der Waals surface area contributed by atoms with E-state index >= 15 is 0 Å². The molecule has 1 aromatic heterocycles. The van der Waals surface area contributed by atoms with Gasteiger partial charge < -0.3 is 29.9 Å². The Bertz CT molecular complexity index is 606. The van der Waals surface area contributed by atoms with E-state index in [1.165, 1.54) is 0 Å². The second kappa shape index (κ2) is 14.8. The third-order valence-electron chi connectivity index (χ3n) is 4.91. The number of ether oxygens (including phenoxy) is 2. The highest BCUT2D eigenvalue weighted by atomic mass is 127. The molecule has 30 heavy (non-hydrogen) atoms. The zero-order chi connectivity index (χ0) is 21.1. The van der Waals surface area contributed by atoms with Crippen LogP contribution in [0.25, 0.3) is 0 Å². The first-order chi connectivity index (χ1) is 14.0. The molecule has 2 rings (SSSR count). The number of rotatable bonds is 10. The minimum absolute atomic E-state index is 0. The van der Waals surface area contributed by atoms with Gasteiger partial charge in [-0.05, 0) is 38.9 Å². The smallest absolute Gasteiger partial charge is 0.191 e. The highest BCUT2D eigenvalue weighted by Gasteiger charge is 2.22. The molecule has 8 nitrogen and oxygen atoms in total. The van der Waals surface area contributed by atoms with Gasteiger partial charge in [0.25, 0.3) is 0 Å². The zero-order valence-corrected chi connectivity index (χ0v) is 21.4. The van der Waals surface area contributed by atoms with Crippen molar-refractivity contribution in [2.45, 2.75) is 39.0 Å². The molecule has 0 aromatic carbocycles. The number of likely N-dealkylation sites (N-methyl/N-ethyl adjacent to an activating group) is 1. The lowest BCUT2D eigenvalue weighted by molar-refractivity contribution is -0.00545. The van der Waals surface area contributed by atoms with E-state index in [1.54, 1.807) is 14.2 Å². The minimum atomic E-state index is 0. The number of nitrogens with one attached hydrogen (secondary N) is 2. The van der Waals surface area contributed by atoms with Crippen molar-refractivity contribution in [2.24, 2.45) is 4.99 Å². The SMILES string of the molecule is CN=C(NCCN(C)CCCOC)NCc1ccc(N2CC(C)OC(C)C2)nc1.I. The van der Waals surface area contributed by atoms with Crippen LogP contribution in [0.15, 0.2) is 23.3 Å². The third-order valence-corrected chi connectivity index (χ3v) is 4.91. The Morgan fingerprint density at radius 1 is 1.27 bits per heavy atom. The molecule has 2 atom stereocenters. The molecule has 1 aliphatic heterocycles. The number of pyridine rings is 1. The number of methoxy groups -OCH3 is 1. The molecule has 2 heterocycles. The average Bonchev–Trinajstić information content (AvgIpc) is 2.70. The molecule has 0 saturated carbocycles. The fourth-order valence-electron chi connectivity index (χ4n) is 3.44. The Balaban J connectivity index is 0.00000450. The van der Waals surface area contributed by atoms with Crippen LogP contribution in [-0.4, -0.2) is 88.6 Å². The van der Waals surface area contributed by atoms with Gasteiger partial charge >= 0.3 is 0 Å². The highest BCUT2D eigenvalue weighted by Crippen LogP contribution is 2.18. The van der Waals surface area contributed by atoms with Gasteiger partial charge in [0.2, 0.25) is 0 Å². The van der Waals surface area contributed by atoms with E-state index in [4.69, 9.17) is 9.47 Å². The summed E-state index contributed by atoms with van der Waals surface area (Å²) in [5.41, 5.74) is 1.13. The van der Waals surface area contributed by atoms with Crippen molar-refractivity contribution >= 4 is 35.8 Å². The van der Waals surface area contributed by atoms with Gasteiger partial charge in [0.1, 0.15) is 5.82 Å².